The van der Waals surface area contributed by atoms with Crippen LogP contribution in [-0.2, 0) is 0 Å². The van der Waals surface area contributed by atoms with Crippen molar-refractivity contribution >= 4 is 17.1 Å². The molecule has 0 aromatic heterocycles. The van der Waals surface area contributed by atoms with Crippen LogP contribution in [0.3, 0.4) is 0 Å². The first kappa shape index (κ1) is 23.6. The summed E-state index contributed by atoms with van der Waals surface area (Å²) in [5, 5.41) is 0. The Morgan fingerprint density at radius 3 is 1.61 bits per heavy atom. The number of hydrogen-bond donors (Lipinski definition) is 0. The summed E-state index contributed by atoms with van der Waals surface area (Å²) < 4.78 is 0. The van der Waals surface area contributed by atoms with Crippen LogP contribution in [0.1, 0.15) is 98.6 Å². The number of carbonyl (C=O) groups excluding carboxylic acids is 2. The second-order valence-electron chi connectivity index (χ2n) is 7.30. The largest absolute Gasteiger partial charge is 0.295 e. The zero-order valence-electron chi connectivity index (χ0n) is 18.2. The van der Waals surface area contributed by atoms with Crippen molar-refractivity contribution in [3.05, 3.63) is 76.9 Å². The van der Waals surface area contributed by atoms with E-state index >= 15 is 0 Å². The monoisotopic (exact) mass is 378 g/mol. The van der Waals surface area contributed by atoms with Gasteiger partial charge in [0.15, 0.2) is 11.6 Å². The van der Waals surface area contributed by atoms with Gasteiger partial charge in [-0.1, -0.05) is 81.8 Å². The molecule has 0 spiro atoms. The van der Waals surface area contributed by atoms with Crippen molar-refractivity contribution in [2.75, 3.05) is 0 Å². The molecule has 0 aliphatic carbocycles. The van der Waals surface area contributed by atoms with Gasteiger partial charge in [-0.2, -0.15) is 0 Å². The van der Waals surface area contributed by atoms with Crippen LogP contribution in [0.2, 0.25) is 0 Å². The Hall–Kier alpha value is -2.48. The van der Waals surface area contributed by atoms with Gasteiger partial charge in [0.1, 0.15) is 0 Å². The van der Waals surface area contributed by atoms with Crippen LogP contribution < -0.4 is 0 Å². The van der Waals surface area contributed by atoms with Crippen LogP contribution in [-0.4, -0.2) is 11.6 Å². The number of rotatable bonds is 7. The van der Waals surface area contributed by atoms with Gasteiger partial charge in [-0.15, -0.1) is 0 Å². The van der Waals surface area contributed by atoms with Crippen molar-refractivity contribution in [2.45, 2.75) is 66.7 Å². The highest BCUT2D eigenvalue weighted by atomic mass is 16.1. The summed E-state index contributed by atoms with van der Waals surface area (Å²) in [4.78, 5) is 22.1. The molecule has 0 aliphatic rings. The maximum atomic E-state index is 11.1. The Bertz CT molecular complexity index is 780. The van der Waals surface area contributed by atoms with Gasteiger partial charge in [0.2, 0.25) is 0 Å². The van der Waals surface area contributed by atoms with Crippen molar-refractivity contribution in [1.82, 2.24) is 0 Å². The predicted octanol–water partition coefficient (Wildman–Crippen LogP) is 7.50. The molecule has 0 fully saturated rings. The predicted molar refractivity (Wildman–Crippen MR) is 120 cm³/mol. The van der Waals surface area contributed by atoms with E-state index in [4.69, 9.17) is 0 Å². The summed E-state index contributed by atoms with van der Waals surface area (Å²) in [5.41, 5.74) is 5.37. The Morgan fingerprint density at radius 2 is 1.21 bits per heavy atom. The van der Waals surface area contributed by atoms with Gasteiger partial charge in [0.05, 0.1) is 0 Å². The minimum absolute atomic E-state index is 0.119. The lowest BCUT2D eigenvalue weighted by molar-refractivity contribution is 0.100. The van der Waals surface area contributed by atoms with Crippen molar-refractivity contribution in [1.29, 1.82) is 0 Å². The van der Waals surface area contributed by atoms with E-state index in [1.54, 1.807) is 13.8 Å². The van der Waals surface area contributed by atoms with E-state index in [-0.39, 0.29) is 11.6 Å². The van der Waals surface area contributed by atoms with E-state index < -0.39 is 0 Å². The van der Waals surface area contributed by atoms with E-state index in [9.17, 15) is 9.59 Å². The lowest BCUT2D eigenvalue weighted by atomic mass is 9.95. The average Bonchev–Trinajstić information content (AvgIpc) is 2.69. The molecule has 2 heteroatoms. The molecule has 1 atom stereocenters. The minimum atomic E-state index is 0.119. The molecule has 1 unspecified atom stereocenters. The number of ketones is 2. The summed E-state index contributed by atoms with van der Waals surface area (Å²) in [7, 11) is 0. The van der Waals surface area contributed by atoms with Gasteiger partial charge in [0.25, 0.3) is 0 Å². The van der Waals surface area contributed by atoms with E-state index in [0.29, 0.717) is 5.92 Å². The van der Waals surface area contributed by atoms with Crippen molar-refractivity contribution in [2.24, 2.45) is 0 Å². The molecule has 0 amide bonds. The molecule has 2 rings (SSSR count). The van der Waals surface area contributed by atoms with Gasteiger partial charge < -0.3 is 0 Å². The average molecular weight is 379 g/mol. The fourth-order valence-corrected chi connectivity index (χ4v) is 3.04. The van der Waals surface area contributed by atoms with E-state index in [0.717, 1.165) is 17.5 Å². The molecular weight excluding hydrogens is 344 g/mol. The van der Waals surface area contributed by atoms with E-state index in [1.165, 1.54) is 29.5 Å². The normalized spacial score (nSPS) is 12.0. The first-order valence-electron chi connectivity index (χ1n) is 10.2. The molecule has 2 aromatic carbocycles. The Morgan fingerprint density at radius 1 is 0.786 bits per heavy atom. The lowest BCUT2D eigenvalue weighted by Crippen LogP contribution is -1.95. The van der Waals surface area contributed by atoms with Gasteiger partial charge >= 0.3 is 0 Å². The van der Waals surface area contributed by atoms with Crippen LogP contribution in [0.4, 0.5) is 0 Å². The van der Waals surface area contributed by atoms with E-state index in [1.807, 2.05) is 36.4 Å². The highest BCUT2D eigenvalue weighted by Crippen LogP contribution is 2.20. The molecule has 0 heterocycles. The van der Waals surface area contributed by atoms with Crippen LogP contribution >= 0.6 is 0 Å². The summed E-state index contributed by atoms with van der Waals surface area (Å²) in [6, 6.07) is 15.7. The first-order valence-corrected chi connectivity index (χ1v) is 10.2. The molecule has 28 heavy (non-hydrogen) atoms. The van der Waals surface area contributed by atoms with Gasteiger partial charge in [0, 0.05) is 11.1 Å². The molecule has 0 radical (unpaired) electrons. The zero-order valence-corrected chi connectivity index (χ0v) is 18.2. The molecule has 2 aromatic rings. The highest BCUT2D eigenvalue weighted by Gasteiger charge is 2.05. The van der Waals surface area contributed by atoms with Crippen LogP contribution in [0.25, 0.3) is 5.57 Å². The molecule has 0 saturated carbocycles. The minimum Gasteiger partial charge on any atom is -0.295 e. The summed E-state index contributed by atoms with van der Waals surface area (Å²) in [6.07, 6.45) is 5.64. The highest BCUT2D eigenvalue weighted by molar-refractivity contribution is 5.94. The molecule has 2 nitrogen and oxygen atoms in total. The molecule has 0 bridgehead atoms. The van der Waals surface area contributed by atoms with Crippen molar-refractivity contribution in [3.63, 3.8) is 0 Å². The second-order valence-corrected chi connectivity index (χ2v) is 7.30. The van der Waals surface area contributed by atoms with Crippen LogP contribution in [0, 0.1) is 0 Å². The number of benzene rings is 2. The second kappa shape index (κ2) is 12.1. The topological polar surface area (TPSA) is 34.1 Å². The maximum absolute atomic E-state index is 11.1. The molecule has 150 valence electrons. The molecule has 0 aliphatic heterocycles. The fraction of sp³-hybridized carbons (Fsp3) is 0.385. The smallest absolute Gasteiger partial charge is 0.159 e. The third-order valence-corrected chi connectivity index (χ3v) is 4.87. The summed E-state index contributed by atoms with van der Waals surface area (Å²) in [5.74, 6) is 0.856. The van der Waals surface area contributed by atoms with E-state index in [2.05, 4.69) is 45.9 Å². The number of carbonyl (C=O) groups is 2. The number of allylic oxidation sites excluding steroid dienone is 2. The van der Waals surface area contributed by atoms with Crippen molar-refractivity contribution in [3.8, 4) is 0 Å². The van der Waals surface area contributed by atoms with Gasteiger partial charge in [-0.25, -0.2) is 0 Å². The third-order valence-electron chi connectivity index (χ3n) is 4.87. The van der Waals surface area contributed by atoms with Crippen LogP contribution in [0.15, 0.2) is 54.6 Å². The molecule has 0 saturated heterocycles. The quantitative estimate of drug-likeness (QED) is 0.467. The van der Waals surface area contributed by atoms with Crippen molar-refractivity contribution < 1.29 is 9.59 Å². The number of Topliss-reactive ketones (excluding diaryl/α,β-unsaturated/α-hetero) is 2. The van der Waals surface area contributed by atoms with Gasteiger partial charge in [-0.05, 0) is 56.2 Å². The SMILES string of the molecule is CC/C=C(/C)c1ccc(C(C)=O)cc1.CCCC(C)c1ccc(C(C)=O)cc1. The summed E-state index contributed by atoms with van der Waals surface area (Å²) in [6.45, 7) is 11.8. The lowest BCUT2D eigenvalue weighted by Gasteiger charge is -2.10. The Labute approximate surface area is 170 Å². The first-order chi connectivity index (χ1) is 13.3. The maximum Gasteiger partial charge on any atom is 0.159 e. The number of hydrogen-bond acceptors (Lipinski definition) is 2. The zero-order chi connectivity index (χ0) is 21.1. The third kappa shape index (κ3) is 7.64. The molecular formula is C26H34O2. The Kier molecular flexibility index (Phi) is 10.2. The van der Waals surface area contributed by atoms with Gasteiger partial charge in [-0.3, -0.25) is 9.59 Å². The summed E-state index contributed by atoms with van der Waals surface area (Å²) >= 11 is 0. The fourth-order valence-electron chi connectivity index (χ4n) is 3.04. The Balaban J connectivity index is 0.000000280. The standard InChI is InChI=1S/C13H18O.C13H16O/c2*1-4-5-10(2)12-6-8-13(9-7-12)11(3)14/h6-10H,4-5H2,1-3H3;5-9H,4H2,1-3H3/b;10-5-. The molecule has 0 N–H and O–H groups in total. The van der Waals surface area contributed by atoms with Crippen LogP contribution in [0.5, 0.6) is 0 Å².